The number of carbonyl (C=O) groups is 2. The summed E-state index contributed by atoms with van der Waals surface area (Å²) in [6.07, 6.45) is 4.17. The van der Waals surface area contributed by atoms with E-state index >= 15 is 0 Å². The van der Waals surface area contributed by atoms with Gasteiger partial charge in [0, 0.05) is 12.1 Å². The molecular weight excluding hydrogens is 356 g/mol. The van der Waals surface area contributed by atoms with E-state index in [1.54, 1.807) is 0 Å². The van der Waals surface area contributed by atoms with Gasteiger partial charge < -0.3 is 10.1 Å². The molecule has 4 unspecified atom stereocenters. The maximum Gasteiger partial charge on any atom is 0.306 e. The number of rotatable bonds is 6. The SMILES string of the molecule is CC(OC(=O)CC1CC2CCC1C2)C(=O)Nc1cccc(S(N)(=O)=O)c1. The molecule has 4 atom stereocenters. The van der Waals surface area contributed by atoms with Gasteiger partial charge in [0.05, 0.1) is 4.90 Å². The van der Waals surface area contributed by atoms with E-state index in [4.69, 9.17) is 9.88 Å². The fourth-order valence-electron chi connectivity index (χ4n) is 4.13. The van der Waals surface area contributed by atoms with E-state index in [9.17, 15) is 18.0 Å². The second kappa shape index (κ2) is 7.36. The van der Waals surface area contributed by atoms with Crippen LogP contribution in [0.3, 0.4) is 0 Å². The Bertz CT molecular complexity index is 808. The highest BCUT2D eigenvalue weighted by molar-refractivity contribution is 7.89. The Morgan fingerprint density at radius 1 is 1.31 bits per heavy atom. The molecule has 3 rings (SSSR count). The number of fused-ring (bicyclic) bond motifs is 2. The first-order valence-electron chi connectivity index (χ1n) is 8.85. The number of ether oxygens (including phenoxy) is 1. The zero-order chi connectivity index (χ0) is 18.9. The second-order valence-corrected chi connectivity index (χ2v) is 8.89. The maximum absolute atomic E-state index is 12.2. The average molecular weight is 380 g/mol. The molecule has 2 saturated carbocycles. The van der Waals surface area contributed by atoms with E-state index in [0.717, 1.165) is 12.3 Å². The van der Waals surface area contributed by atoms with Crippen LogP contribution in [-0.4, -0.2) is 26.4 Å². The van der Waals surface area contributed by atoms with Gasteiger partial charge in [-0.3, -0.25) is 9.59 Å². The molecule has 1 aromatic rings. The lowest BCUT2D eigenvalue weighted by molar-refractivity contribution is -0.154. The van der Waals surface area contributed by atoms with Crippen LogP contribution in [0, 0.1) is 17.8 Å². The summed E-state index contributed by atoms with van der Waals surface area (Å²) in [4.78, 5) is 24.2. The predicted octanol–water partition coefficient (Wildman–Crippen LogP) is 2.03. The third-order valence-electron chi connectivity index (χ3n) is 5.42. The van der Waals surface area contributed by atoms with Crippen molar-refractivity contribution < 1.29 is 22.7 Å². The largest absolute Gasteiger partial charge is 0.453 e. The molecule has 2 aliphatic carbocycles. The van der Waals surface area contributed by atoms with Gasteiger partial charge >= 0.3 is 5.97 Å². The van der Waals surface area contributed by atoms with Gasteiger partial charge in [-0.2, -0.15) is 0 Å². The number of hydrogen-bond acceptors (Lipinski definition) is 5. The van der Waals surface area contributed by atoms with Crippen LogP contribution in [-0.2, 0) is 24.3 Å². The minimum atomic E-state index is -3.85. The van der Waals surface area contributed by atoms with Crippen molar-refractivity contribution in [3.63, 3.8) is 0 Å². The summed E-state index contributed by atoms with van der Waals surface area (Å²) in [7, 11) is -3.85. The number of nitrogens with one attached hydrogen (secondary N) is 1. The number of hydrogen-bond donors (Lipinski definition) is 2. The van der Waals surface area contributed by atoms with Gasteiger partial charge in [0.2, 0.25) is 10.0 Å². The molecule has 1 aromatic carbocycles. The number of carbonyl (C=O) groups excluding carboxylic acids is 2. The number of esters is 1. The molecule has 26 heavy (non-hydrogen) atoms. The summed E-state index contributed by atoms with van der Waals surface area (Å²) in [5.41, 5.74) is 0.275. The summed E-state index contributed by atoms with van der Waals surface area (Å²) in [6.45, 7) is 1.50. The van der Waals surface area contributed by atoms with Crippen LogP contribution in [0.1, 0.15) is 39.0 Å². The van der Waals surface area contributed by atoms with Crippen molar-refractivity contribution >= 4 is 27.6 Å². The van der Waals surface area contributed by atoms with Crippen LogP contribution in [0.15, 0.2) is 29.2 Å². The van der Waals surface area contributed by atoms with E-state index in [1.165, 1.54) is 50.5 Å². The lowest BCUT2D eigenvalue weighted by atomic mass is 9.86. The lowest BCUT2D eigenvalue weighted by Gasteiger charge is -2.21. The van der Waals surface area contributed by atoms with Crippen molar-refractivity contribution in [1.82, 2.24) is 0 Å². The Labute approximate surface area is 153 Å². The zero-order valence-corrected chi connectivity index (χ0v) is 15.5. The highest BCUT2D eigenvalue weighted by Gasteiger charge is 2.40. The molecule has 0 radical (unpaired) electrons. The lowest BCUT2D eigenvalue weighted by Crippen LogP contribution is -2.31. The fraction of sp³-hybridized carbons (Fsp3) is 0.556. The molecule has 7 nitrogen and oxygen atoms in total. The molecule has 2 fully saturated rings. The van der Waals surface area contributed by atoms with Crippen LogP contribution >= 0.6 is 0 Å². The number of anilines is 1. The summed E-state index contributed by atoms with van der Waals surface area (Å²) < 4.78 is 28.0. The molecule has 3 N–H and O–H groups in total. The fourth-order valence-corrected chi connectivity index (χ4v) is 4.69. The molecule has 0 spiro atoms. The van der Waals surface area contributed by atoms with Crippen molar-refractivity contribution in [2.75, 3.05) is 5.32 Å². The van der Waals surface area contributed by atoms with Crippen LogP contribution in [0.2, 0.25) is 0 Å². The van der Waals surface area contributed by atoms with Crippen LogP contribution < -0.4 is 10.5 Å². The van der Waals surface area contributed by atoms with E-state index in [-0.39, 0.29) is 16.6 Å². The van der Waals surface area contributed by atoms with Crippen LogP contribution in [0.4, 0.5) is 5.69 Å². The minimum Gasteiger partial charge on any atom is -0.453 e. The van der Waals surface area contributed by atoms with Gasteiger partial charge in [0.1, 0.15) is 0 Å². The number of nitrogens with two attached hydrogens (primary N) is 1. The van der Waals surface area contributed by atoms with Crippen molar-refractivity contribution in [3.05, 3.63) is 24.3 Å². The van der Waals surface area contributed by atoms with Gasteiger partial charge in [0.15, 0.2) is 6.10 Å². The number of benzene rings is 1. The Morgan fingerprint density at radius 2 is 2.08 bits per heavy atom. The van der Waals surface area contributed by atoms with Gasteiger partial charge in [-0.1, -0.05) is 12.5 Å². The summed E-state index contributed by atoms with van der Waals surface area (Å²) in [5.74, 6) is 0.881. The minimum absolute atomic E-state index is 0.101. The van der Waals surface area contributed by atoms with E-state index in [0.29, 0.717) is 18.3 Å². The topological polar surface area (TPSA) is 116 Å². The Morgan fingerprint density at radius 3 is 2.69 bits per heavy atom. The quantitative estimate of drug-likeness (QED) is 0.733. The van der Waals surface area contributed by atoms with E-state index in [1.807, 2.05) is 0 Å². The first kappa shape index (κ1) is 18.8. The molecular formula is C18H24N2O5S. The summed E-state index contributed by atoms with van der Waals surface area (Å²) in [6, 6.07) is 5.61. The normalized spacial score (nSPS) is 25.7. The maximum atomic E-state index is 12.2. The van der Waals surface area contributed by atoms with Crippen molar-refractivity contribution in [1.29, 1.82) is 0 Å². The van der Waals surface area contributed by atoms with Crippen molar-refractivity contribution in [2.45, 2.75) is 50.0 Å². The average Bonchev–Trinajstić information content (AvgIpc) is 3.17. The number of primary sulfonamides is 1. The zero-order valence-electron chi connectivity index (χ0n) is 14.7. The highest BCUT2D eigenvalue weighted by atomic mass is 32.2. The van der Waals surface area contributed by atoms with Crippen LogP contribution in [0.5, 0.6) is 0 Å². The van der Waals surface area contributed by atoms with Gasteiger partial charge in [-0.25, -0.2) is 13.6 Å². The number of amides is 1. The monoisotopic (exact) mass is 380 g/mol. The smallest absolute Gasteiger partial charge is 0.306 e. The molecule has 0 saturated heterocycles. The molecule has 142 valence electrons. The Hall–Kier alpha value is -1.93. The standard InChI is InChI=1S/C18H24N2O5S/c1-11(25-17(21)9-14-8-12-5-6-13(14)7-12)18(22)20-15-3-2-4-16(10-15)26(19,23)24/h2-4,10-14H,5-9H2,1H3,(H,20,22)(H2,19,23,24). The van der Waals surface area contributed by atoms with Crippen molar-refractivity contribution in [3.8, 4) is 0 Å². The third-order valence-corrected chi connectivity index (χ3v) is 6.33. The predicted molar refractivity (Wildman–Crippen MR) is 95.6 cm³/mol. The molecule has 0 aliphatic heterocycles. The first-order chi connectivity index (χ1) is 12.2. The molecule has 0 aromatic heterocycles. The van der Waals surface area contributed by atoms with E-state index in [2.05, 4.69) is 5.32 Å². The molecule has 1 amide bonds. The molecule has 8 heteroatoms. The molecule has 2 bridgehead atoms. The molecule has 2 aliphatic rings. The van der Waals surface area contributed by atoms with Crippen LogP contribution in [0.25, 0.3) is 0 Å². The summed E-state index contributed by atoms with van der Waals surface area (Å²) in [5, 5.41) is 7.62. The first-order valence-corrected chi connectivity index (χ1v) is 10.4. The van der Waals surface area contributed by atoms with Gasteiger partial charge in [0.25, 0.3) is 5.91 Å². The van der Waals surface area contributed by atoms with Gasteiger partial charge in [-0.05, 0) is 62.1 Å². The Balaban J connectivity index is 1.52. The Kier molecular flexibility index (Phi) is 5.34. The van der Waals surface area contributed by atoms with Crippen molar-refractivity contribution in [2.24, 2.45) is 22.9 Å². The molecule has 0 heterocycles. The third kappa shape index (κ3) is 4.42. The summed E-state index contributed by atoms with van der Waals surface area (Å²) >= 11 is 0. The van der Waals surface area contributed by atoms with E-state index < -0.39 is 22.0 Å². The number of sulfonamides is 1. The second-order valence-electron chi connectivity index (χ2n) is 7.33. The van der Waals surface area contributed by atoms with Gasteiger partial charge in [-0.15, -0.1) is 0 Å². The highest BCUT2D eigenvalue weighted by Crippen LogP contribution is 2.49.